The van der Waals surface area contributed by atoms with Crippen molar-refractivity contribution in [1.82, 2.24) is 21.3 Å². The average molecular weight is 1870 g/mol. The molecule has 55 heteroatoms. The van der Waals surface area contributed by atoms with Crippen molar-refractivity contribution in [1.29, 1.82) is 0 Å². The topological polar surface area (TPSA) is 855 Å². The molecule has 10 aliphatic rings. The Labute approximate surface area is 727 Å². The fourth-order valence-corrected chi connectivity index (χ4v) is 16.8. The number of carboxylic acid groups (broad SMARTS) is 1. The van der Waals surface area contributed by atoms with E-state index < -0.39 is 408 Å². The summed E-state index contributed by atoms with van der Waals surface area (Å²) in [6.07, 6.45) is -93.0. The summed E-state index contributed by atoms with van der Waals surface area (Å²) in [6, 6.07) is -7.14. The first-order chi connectivity index (χ1) is 60.3. The number of hydrogen-bond acceptors (Lipinski definition) is 50. The van der Waals surface area contributed by atoms with Crippen molar-refractivity contribution in [2.24, 2.45) is 5.92 Å². The minimum atomic E-state index is -2.94. The molecular formula is C73H122N4O51. The number of aliphatic hydroxyl groups excluding tert-OH is 26. The number of carbonyl (C=O) groups excluding carboxylic acids is 4. The molecule has 51 atom stereocenters. The van der Waals surface area contributed by atoms with E-state index in [0.29, 0.717) is 0 Å². The van der Waals surface area contributed by atoms with Crippen LogP contribution >= 0.6 is 0 Å². The standard InChI is InChI=1S/C73H122N4O51/c1-18-25(88)8-73(72(108)109,128-57(18)40(91)26(89)9-78)112-17-33-44(95)51(102)55(106)68(121-33)123-58-30(13-82)119-66(38(49(58)100)77-24(7)87)127-63-53(104)43(94)29(12-81)117-71(63)125-61-45(96)32(15-111-70-62(52(103)42(93)28(11-80)116-70)126-64-36(75-22(5)85)46(97)41(92)27(10-79)115-64)120-69(56(61)107)124-59-31(14-83)118-65(37(48(59)99)76-23(6)86)122-60-34(113-19(2)35(47(60)98)74-21(4)84)16-110-67-54(105)50(101)39(90)20(3)114-67/h18-20,25-71,78-83,88-107H,8-17H2,1-7H3,(H,74,84)(H,75,85)(H,76,86)(H,77,87)(H,108,109)/t18-,19+,20+,25-,26-,27+,28?,29?,30?,31?,32?,33?,34?,35?,36?,37?,38?,39-,40-,41-,42-,43-,44+,45-,46?,47-,48-,49-,50?,51+,52+,53?,54?,55?,56?,57?,58-,59-,60-,61+,62?,63?,64+,65+,66+,67-,68+,69+,70+,71-,73-/m1/s1. The molecule has 0 spiro atoms. The third-order valence-electron chi connectivity index (χ3n) is 24.1. The molecule has 0 aliphatic carbocycles. The van der Waals surface area contributed by atoms with Crippen molar-refractivity contribution >= 4 is 29.6 Å². The Morgan fingerprint density at radius 3 is 1.18 bits per heavy atom. The third-order valence-corrected chi connectivity index (χ3v) is 24.1. The average Bonchev–Trinajstić information content (AvgIpc) is 0.772. The largest absolute Gasteiger partial charge is 0.477 e. The highest BCUT2D eigenvalue weighted by Crippen LogP contribution is 2.42. The van der Waals surface area contributed by atoms with Gasteiger partial charge < -0.3 is 249 Å². The summed E-state index contributed by atoms with van der Waals surface area (Å²) in [7, 11) is 0. The fraction of sp³-hybridized carbons (Fsp3) is 0.932. The molecular weight excluding hydrogens is 1750 g/mol. The van der Waals surface area contributed by atoms with Crippen molar-refractivity contribution in [2.75, 3.05) is 59.5 Å². The van der Waals surface area contributed by atoms with Crippen LogP contribution in [0.2, 0.25) is 0 Å². The molecule has 31 N–H and O–H groups in total. The van der Waals surface area contributed by atoms with Gasteiger partial charge in [0.05, 0.1) is 89.9 Å². The van der Waals surface area contributed by atoms with Gasteiger partial charge in [0.2, 0.25) is 23.6 Å². The molecule has 10 rings (SSSR count). The zero-order chi connectivity index (χ0) is 94.6. The Hall–Kier alpha value is -4.45. The third kappa shape index (κ3) is 23.3. The first-order valence-corrected chi connectivity index (χ1v) is 41.3. The van der Waals surface area contributed by atoms with Crippen LogP contribution in [0.4, 0.5) is 0 Å². The molecule has 10 heterocycles. The van der Waals surface area contributed by atoms with Gasteiger partial charge in [-0.3, -0.25) is 19.2 Å². The highest BCUT2D eigenvalue weighted by Gasteiger charge is 2.62. The molecule has 128 heavy (non-hydrogen) atoms. The number of rotatable bonds is 34. The molecule has 0 bridgehead atoms. The van der Waals surface area contributed by atoms with Gasteiger partial charge in [0.15, 0.2) is 50.3 Å². The second-order valence-electron chi connectivity index (χ2n) is 33.1. The lowest BCUT2D eigenvalue weighted by atomic mass is 9.84. The molecule has 740 valence electrons. The van der Waals surface area contributed by atoms with Crippen LogP contribution in [0, 0.1) is 5.92 Å². The van der Waals surface area contributed by atoms with Gasteiger partial charge in [-0.15, -0.1) is 0 Å². The zero-order valence-corrected chi connectivity index (χ0v) is 69.8. The maximum absolute atomic E-state index is 13.3. The van der Waals surface area contributed by atoms with Crippen LogP contribution in [0.15, 0.2) is 0 Å². The van der Waals surface area contributed by atoms with Crippen molar-refractivity contribution in [3.05, 3.63) is 0 Å². The monoisotopic (exact) mass is 1870 g/mol. The molecule has 10 aliphatic heterocycles. The van der Waals surface area contributed by atoms with E-state index in [0.717, 1.165) is 27.7 Å². The van der Waals surface area contributed by atoms with Crippen molar-refractivity contribution in [3.8, 4) is 0 Å². The van der Waals surface area contributed by atoms with Gasteiger partial charge >= 0.3 is 5.97 Å². The minimum Gasteiger partial charge on any atom is -0.477 e. The Balaban J connectivity index is 0.961. The van der Waals surface area contributed by atoms with E-state index in [1.807, 2.05) is 0 Å². The Morgan fingerprint density at radius 1 is 0.336 bits per heavy atom. The van der Waals surface area contributed by atoms with Crippen molar-refractivity contribution < 1.29 is 252 Å². The Morgan fingerprint density at radius 2 is 0.695 bits per heavy atom. The van der Waals surface area contributed by atoms with Crippen LogP contribution in [0.25, 0.3) is 0 Å². The van der Waals surface area contributed by atoms with E-state index >= 15 is 0 Å². The van der Waals surface area contributed by atoms with Crippen molar-refractivity contribution in [3.63, 3.8) is 0 Å². The molecule has 10 saturated heterocycles. The van der Waals surface area contributed by atoms with E-state index in [9.17, 15) is 162 Å². The number of aliphatic hydroxyl groups is 26. The number of ether oxygens (including phenoxy) is 19. The number of nitrogens with one attached hydrogen (secondary N) is 4. The van der Waals surface area contributed by atoms with E-state index in [1.165, 1.54) is 20.8 Å². The van der Waals surface area contributed by atoms with Crippen molar-refractivity contribution in [2.45, 2.75) is 361 Å². The summed E-state index contributed by atoms with van der Waals surface area (Å²) in [5, 5.41) is 312. The van der Waals surface area contributed by atoms with Gasteiger partial charge in [-0.2, -0.15) is 0 Å². The molecule has 0 radical (unpaired) electrons. The maximum atomic E-state index is 13.3. The lowest BCUT2D eigenvalue weighted by Gasteiger charge is -2.51. The highest BCUT2D eigenvalue weighted by molar-refractivity contribution is 5.76. The lowest BCUT2D eigenvalue weighted by Crippen LogP contribution is -2.71. The number of carboxylic acids is 1. The predicted molar refractivity (Wildman–Crippen MR) is 398 cm³/mol. The Kier molecular flexibility index (Phi) is 37.5. The van der Waals surface area contributed by atoms with E-state index in [2.05, 4.69) is 21.3 Å². The summed E-state index contributed by atoms with van der Waals surface area (Å²) < 4.78 is 114. The molecule has 0 saturated carbocycles. The molecule has 20 unspecified atom stereocenters. The number of hydrogen-bond donors (Lipinski definition) is 31. The highest BCUT2D eigenvalue weighted by atomic mass is 16.8. The van der Waals surface area contributed by atoms with Crippen LogP contribution in [-0.2, 0) is 114 Å². The van der Waals surface area contributed by atoms with Gasteiger partial charge in [0.1, 0.15) is 220 Å². The van der Waals surface area contributed by atoms with Gasteiger partial charge in [-0.1, -0.05) is 6.92 Å². The van der Waals surface area contributed by atoms with Crippen LogP contribution in [-0.4, -0.2) is 533 Å². The summed E-state index contributed by atoms with van der Waals surface area (Å²) in [6.45, 7) is -1.93. The maximum Gasteiger partial charge on any atom is 0.364 e. The first-order valence-electron chi connectivity index (χ1n) is 41.3. The van der Waals surface area contributed by atoms with E-state index in [4.69, 9.17) is 90.0 Å². The fourth-order valence-electron chi connectivity index (χ4n) is 16.8. The molecule has 0 aromatic rings. The quantitative estimate of drug-likeness (QED) is 0.0284. The number of amides is 4. The second-order valence-corrected chi connectivity index (χ2v) is 33.1. The first kappa shape index (κ1) is 106. The van der Waals surface area contributed by atoms with Gasteiger partial charge in [-0.25, -0.2) is 4.79 Å². The van der Waals surface area contributed by atoms with Gasteiger partial charge in [-0.05, 0) is 13.8 Å². The van der Waals surface area contributed by atoms with Gasteiger partial charge in [0.25, 0.3) is 5.79 Å². The zero-order valence-electron chi connectivity index (χ0n) is 69.8. The van der Waals surface area contributed by atoms with Crippen LogP contribution in [0.1, 0.15) is 54.9 Å². The minimum absolute atomic E-state index is 0.690. The predicted octanol–water partition coefficient (Wildman–Crippen LogP) is -19.6. The lowest BCUT2D eigenvalue weighted by molar-refractivity contribution is -0.398. The normalized spacial score (nSPS) is 48.4. The SMILES string of the molecule is CC(=O)NC1C(O)[C@H](O)[C@H](CO)O[C@H]1OC1[C@@H](OCC2O[C@@H](O[C@@H]3C(CO)O[C@@H](O[C@@H]4C(CO[C@@H]5O[C@@H](C)[C@@H](O)C(O)C5O)O[C@@H](C)C(NC(C)=O)[C@H]4O)C(NC(C)=O)[C@H]3O)C(O)[C@@H](O[C@H]3OC(CO)[C@@H](O)C(O)C3O[C@@H]3OC(CO)[C@@H](O[C@@H]4OC(CO[C@]5(C(=O)O)C[C@@H](O)[C@@H](C)C([C@H](O)[C@H](O)CO)O5)[C@H](O)[C@H](O)C4O)[C@H](O)C3NC(C)=O)[C@@H]2O)OC(CO)[C@@H](O)[C@@H]1O. The molecule has 55 nitrogen and oxygen atoms in total. The van der Waals surface area contributed by atoms with Crippen LogP contribution < -0.4 is 21.3 Å². The summed E-state index contributed by atoms with van der Waals surface area (Å²) in [4.78, 5) is 64.5. The summed E-state index contributed by atoms with van der Waals surface area (Å²) in [5.41, 5.74) is 0. The molecule has 10 fully saturated rings. The molecule has 4 amide bonds. The summed E-state index contributed by atoms with van der Waals surface area (Å²) in [5.74, 6) is -9.55. The van der Waals surface area contributed by atoms with E-state index in [1.54, 1.807) is 0 Å². The molecule has 0 aromatic carbocycles. The van der Waals surface area contributed by atoms with Crippen LogP contribution in [0.5, 0.6) is 0 Å². The van der Waals surface area contributed by atoms with Gasteiger partial charge in [0, 0.05) is 40.0 Å². The Bertz CT molecular complexity index is 3530. The summed E-state index contributed by atoms with van der Waals surface area (Å²) >= 11 is 0. The number of aliphatic carboxylic acids is 1. The van der Waals surface area contributed by atoms with Crippen LogP contribution in [0.3, 0.4) is 0 Å². The van der Waals surface area contributed by atoms with E-state index in [-0.39, 0.29) is 0 Å². The molecule has 0 aromatic heterocycles. The smallest absolute Gasteiger partial charge is 0.364 e. The number of carbonyl (C=O) groups is 5. The second kappa shape index (κ2) is 45.5.